The van der Waals surface area contributed by atoms with Gasteiger partial charge < -0.3 is 11.1 Å². The molecule has 1 amide bonds. The van der Waals surface area contributed by atoms with E-state index in [1.165, 1.54) is 0 Å². The van der Waals surface area contributed by atoms with Crippen LogP contribution < -0.4 is 11.1 Å². The van der Waals surface area contributed by atoms with Crippen molar-refractivity contribution in [3.63, 3.8) is 0 Å². The molecule has 1 aromatic heterocycles. The molecule has 1 heterocycles. The van der Waals surface area contributed by atoms with Crippen LogP contribution in [0.2, 0.25) is 0 Å². The highest BCUT2D eigenvalue weighted by Crippen LogP contribution is 2.55. The second kappa shape index (κ2) is 4.92. The number of pyridine rings is 1. The maximum absolute atomic E-state index is 11.9. The minimum atomic E-state index is 0. The quantitative estimate of drug-likeness (QED) is 0.872. The average molecular weight is 256 g/mol. The van der Waals surface area contributed by atoms with E-state index < -0.39 is 0 Å². The molecule has 2 unspecified atom stereocenters. The second-order valence-corrected chi connectivity index (χ2v) is 4.73. The number of carbonyl (C=O) groups is 1. The Hall–Kier alpha value is -1.29. The van der Waals surface area contributed by atoms with Crippen LogP contribution in [0.15, 0.2) is 18.3 Å². The van der Waals surface area contributed by atoms with Crippen LogP contribution in [0, 0.1) is 11.3 Å². The summed E-state index contributed by atoms with van der Waals surface area (Å²) in [5.41, 5.74) is 6.38. The lowest BCUT2D eigenvalue weighted by atomic mass is 10.0. The molecule has 0 aromatic carbocycles. The maximum Gasteiger partial charge on any atom is 0.228 e. The molecule has 0 saturated heterocycles. The molecule has 1 fully saturated rings. The van der Waals surface area contributed by atoms with Crippen molar-refractivity contribution in [3.05, 3.63) is 18.3 Å². The molecule has 17 heavy (non-hydrogen) atoms. The molecular weight excluding hydrogens is 238 g/mol. The molecule has 5 heteroatoms. The van der Waals surface area contributed by atoms with Gasteiger partial charge >= 0.3 is 0 Å². The third kappa shape index (κ3) is 2.88. The molecule has 2 atom stereocenters. The van der Waals surface area contributed by atoms with E-state index in [1.807, 2.05) is 0 Å². The Morgan fingerprint density at radius 3 is 2.82 bits per heavy atom. The number of nitrogens with zero attached hydrogens (tertiary/aromatic N) is 1. The minimum absolute atomic E-state index is 0. The summed E-state index contributed by atoms with van der Waals surface area (Å²) >= 11 is 0. The lowest BCUT2D eigenvalue weighted by Crippen LogP contribution is -2.17. The lowest BCUT2D eigenvalue weighted by Gasteiger charge is -2.08. The second-order valence-electron chi connectivity index (χ2n) is 4.73. The van der Waals surface area contributed by atoms with E-state index in [0.29, 0.717) is 11.5 Å². The van der Waals surface area contributed by atoms with Gasteiger partial charge in [-0.3, -0.25) is 4.79 Å². The number of aromatic nitrogens is 1. The van der Waals surface area contributed by atoms with Gasteiger partial charge in [0.2, 0.25) is 5.91 Å². The molecule has 3 N–H and O–H groups in total. The van der Waals surface area contributed by atoms with E-state index in [9.17, 15) is 4.79 Å². The molecule has 0 bridgehead atoms. The standard InChI is InChI=1S/C12H17N3O.ClH/c1-3-12(2)6-9(12)11(16)15-8-4-5-10(13)14-7-8;/h4-5,7,9H,3,6H2,1-2H3,(H2,13,14)(H,15,16);1H. The van der Waals surface area contributed by atoms with Gasteiger partial charge in [0.05, 0.1) is 11.9 Å². The normalized spacial score (nSPS) is 25.9. The Morgan fingerprint density at radius 1 is 1.65 bits per heavy atom. The highest BCUT2D eigenvalue weighted by molar-refractivity contribution is 5.94. The van der Waals surface area contributed by atoms with Crippen LogP contribution in [0.4, 0.5) is 11.5 Å². The Bertz CT molecular complexity index is 407. The molecule has 0 radical (unpaired) electrons. The summed E-state index contributed by atoms with van der Waals surface area (Å²) in [7, 11) is 0. The van der Waals surface area contributed by atoms with Crippen LogP contribution >= 0.6 is 12.4 Å². The monoisotopic (exact) mass is 255 g/mol. The van der Waals surface area contributed by atoms with Gasteiger partial charge in [-0.15, -0.1) is 12.4 Å². The van der Waals surface area contributed by atoms with Gasteiger partial charge in [-0.2, -0.15) is 0 Å². The first-order valence-electron chi connectivity index (χ1n) is 5.57. The van der Waals surface area contributed by atoms with Crippen molar-refractivity contribution < 1.29 is 4.79 Å². The number of carbonyl (C=O) groups excluding carboxylic acids is 1. The molecule has 94 valence electrons. The molecule has 4 nitrogen and oxygen atoms in total. The molecule has 0 aliphatic heterocycles. The van der Waals surface area contributed by atoms with Crippen LogP contribution in [0.1, 0.15) is 26.7 Å². The van der Waals surface area contributed by atoms with Crippen molar-refractivity contribution in [2.45, 2.75) is 26.7 Å². The number of hydrogen-bond acceptors (Lipinski definition) is 3. The minimum Gasteiger partial charge on any atom is -0.384 e. The number of nitrogen functional groups attached to an aromatic ring is 1. The number of amides is 1. The topological polar surface area (TPSA) is 68.0 Å². The van der Waals surface area contributed by atoms with Crippen molar-refractivity contribution in [3.8, 4) is 0 Å². The SMILES string of the molecule is CCC1(C)CC1C(=O)Nc1ccc(N)nc1.Cl. The van der Waals surface area contributed by atoms with Gasteiger partial charge in [0.1, 0.15) is 5.82 Å². The van der Waals surface area contributed by atoms with Crippen molar-refractivity contribution in [2.75, 3.05) is 11.1 Å². The van der Waals surface area contributed by atoms with Crippen LogP contribution in [0.3, 0.4) is 0 Å². The van der Waals surface area contributed by atoms with Crippen LogP contribution in [-0.4, -0.2) is 10.9 Å². The van der Waals surface area contributed by atoms with Gasteiger partial charge in [0.25, 0.3) is 0 Å². The van der Waals surface area contributed by atoms with Crippen LogP contribution in [0.25, 0.3) is 0 Å². The third-order valence-corrected chi connectivity index (χ3v) is 3.53. The van der Waals surface area contributed by atoms with Gasteiger partial charge in [0.15, 0.2) is 0 Å². The van der Waals surface area contributed by atoms with Crippen molar-refractivity contribution in [1.82, 2.24) is 4.98 Å². The number of halogens is 1. The fraction of sp³-hybridized carbons (Fsp3) is 0.500. The zero-order valence-corrected chi connectivity index (χ0v) is 10.9. The molecule has 2 rings (SSSR count). The number of anilines is 2. The number of nitrogens with one attached hydrogen (secondary N) is 1. The van der Waals surface area contributed by atoms with E-state index in [2.05, 4.69) is 24.1 Å². The predicted octanol–water partition coefficient (Wildman–Crippen LogP) is 2.46. The fourth-order valence-electron chi connectivity index (χ4n) is 1.92. The molecule has 1 saturated carbocycles. The Morgan fingerprint density at radius 2 is 2.35 bits per heavy atom. The summed E-state index contributed by atoms with van der Waals surface area (Å²) in [6, 6.07) is 3.45. The number of nitrogens with two attached hydrogens (primary N) is 1. The summed E-state index contributed by atoms with van der Waals surface area (Å²) in [6.45, 7) is 4.27. The van der Waals surface area contributed by atoms with Crippen molar-refractivity contribution >= 4 is 29.8 Å². The van der Waals surface area contributed by atoms with Crippen molar-refractivity contribution in [1.29, 1.82) is 0 Å². The Kier molecular flexibility index (Phi) is 3.98. The molecular formula is C12H18ClN3O. The third-order valence-electron chi connectivity index (χ3n) is 3.53. The van der Waals surface area contributed by atoms with E-state index in [1.54, 1.807) is 18.3 Å². The molecule has 1 aliphatic rings. The Balaban J connectivity index is 0.00000144. The lowest BCUT2D eigenvalue weighted by molar-refractivity contribution is -0.118. The first-order chi connectivity index (χ1) is 7.55. The summed E-state index contributed by atoms with van der Waals surface area (Å²) in [5.74, 6) is 0.703. The number of hydrogen-bond donors (Lipinski definition) is 2. The highest BCUT2D eigenvalue weighted by atomic mass is 35.5. The zero-order valence-electron chi connectivity index (χ0n) is 10.1. The largest absolute Gasteiger partial charge is 0.384 e. The molecule has 1 aliphatic carbocycles. The van der Waals surface area contributed by atoms with E-state index in [4.69, 9.17) is 5.73 Å². The highest BCUT2D eigenvalue weighted by Gasteiger charge is 2.52. The summed E-state index contributed by atoms with van der Waals surface area (Å²) in [5, 5.41) is 2.86. The summed E-state index contributed by atoms with van der Waals surface area (Å²) in [6.07, 6.45) is 3.61. The predicted molar refractivity (Wildman–Crippen MR) is 71.0 cm³/mol. The zero-order chi connectivity index (χ0) is 11.8. The van der Waals surface area contributed by atoms with E-state index in [0.717, 1.165) is 12.8 Å². The smallest absolute Gasteiger partial charge is 0.228 e. The van der Waals surface area contributed by atoms with E-state index in [-0.39, 0.29) is 29.6 Å². The van der Waals surface area contributed by atoms with Crippen LogP contribution in [0.5, 0.6) is 0 Å². The van der Waals surface area contributed by atoms with Gasteiger partial charge in [-0.25, -0.2) is 4.98 Å². The molecule has 1 aromatic rings. The summed E-state index contributed by atoms with van der Waals surface area (Å²) in [4.78, 5) is 15.8. The Labute approximate surface area is 107 Å². The van der Waals surface area contributed by atoms with E-state index >= 15 is 0 Å². The average Bonchev–Trinajstić information content (AvgIpc) is 2.95. The summed E-state index contributed by atoms with van der Waals surface area (Å²) < 4.78 is 0. The maximum atomic E-state index is 11.9. The van der Waals surface area contributed by atoms with Crippen molar-refractivity contribution in [2.24, 2.45) is 11.3 Å². The van der Waals surface area contributed by atoms with Crippen LogP contribution in [-0.2, 0) is 4.79 Å². The van der Waals surface area contributed by atoms with Gasteiger partial charge in [0, 0.05) is 5.92 Å². The van der Waals surface area contributed by atoms with Gasteiger partial charge in [-0.05, 0) is 30.4 Å². The fourth-order valence-corrected chi connectivity index (χ4v) is 1.92. The van der Waals surface area contributed by atoms with Gasteiger partial charge in [-0.1, -0.05) is 13.8 Å². The first kappa shape index (κ1) is 13.8. The first-order valence-corrected chi connectivity index (χ1v) is 5.57. The number of rotatable bonds is 3. The molecule has 0 spiro atoms.